The van der Waals surface area contributed by atoms with E-state index >= 15 is 0 Å². The largest absolute Gasteiger partial charge is 0.293 e. The zero-order valence-corrected chi connectivity index (χ0v) is 14.3. The van der Waals surface area contributed by atoms with E-state index in [0.717, 1.165) is 5.57 Å². The number of aryl methyl sites for hydroxylation is 3. The molecule has 1 atom stereocenters. The Morgan fingerprint density at radius 3 is 2.09 bits per heavy atom. The zero-order valence-electron chi connectivity index (χ0n) is 13.4. The molecule has 3 rings (SSSR count). The Morgan fingerprint density at radius 1 is 0.909 bits per heavy atom. The predicted octanol–water partition coefficient (Wildman–Crippen LogP) is 5.13. The van der Waals surface area contributed by atoms with Crippen molar-refractivity contribution in [2.45, 2.75) is 37.8 Å². The van der Waals surface area contributed by atoms with Crippen LogP contribution in [0.1, 0.15) is 29.2 Å². The van der Waals surface area contributed by atoms with Crippen LogP contribution >= 0.6 is 11.8 Å². The predicted molar refractivity (Wildman–Crippen MR) is 94.3 cm³/mol. The molecule has 0 bridgehead atoms. The lowest BCUT2D eigenvalue weighted by atomic mass is 9.83. The maximum atomic E-state index is 12.4. The van der Waals surface area contributed by atoms with E-state index in [0.29, 0.717) is 0 Å². The van der Waals surface area contributed by atoms with Gasteiger partial charge in [0.05, 0.1) is 5.25 Å². The molecule has 1 nitrogen and oxygen atoms in total. The Hall–Kier alpha value is -1.80. The summed E-state index contributed by atoms with van der Waals surface area (Å²) in [7, 11) is 0. The number of hydrogen-bond donors (Lipinski definition) is 0. The monoisotopic (exact) mass is 308 g/mol. The third kappa shape index (κ3) is 2.52. The van der Waals surface area contributed by atoms with Gasteiger partial charge in [0, 0.05) is 4.90 Å². The summed E-state index contributed by atoms with van der Waals surface area (Å²) in [6.45, 7) is 8.31. The van der Waals surface area contributed by atoms with Crippen molar-refractivity contribution in [3.63, 3.8) is 0 Å². The molecule has 0 saturated carbocycles. The SMILES string of the molecule is CC1=C(c2ccccc2)C(Sc2c(C)cc(C)cc2C)C1=O. The van der Waals surface area contributed by atoms with Gasteiger partial charge in [-0.15, -0.1) is 11.8 Å². The maximum absolute atomic E-state index is 12.4. The van der Waals surface area contributed by atoms with Gasteiger partial charge in [-0.25, -0.2) is 0 Å². The summed E-state index contributed by atoms with van der Waals surface area (Å²) >= 11 is 1.70. The van der Waals surface area contributed by atoms with Crippen LogP contribution in [0.3, 0.4) is 0 Å². The van der Waals surface area contributed by atoms with Crippen molar-refractivity contribution in [2.24, 2.45) is 0 Å². The van der Waals surface area contributed by atoms with Crippen LogP contribution in [0.25, 0.3) is 5.57 Å². The Labute approximate surface area is 136 Å². The molecule has 1 unspecified atom stereocenters. The Morgan fingerprint density at radius 2 is 1.50 bits per heavy atom. The van der Waals surface area contributed by atoms with Crippen LogP contribution in [-0.4, -0.2) is 11.0 Å². The van der Waals surface area contributed by atoms with Crippen LogP contribution in [-0.2, 0) is 4.79 Å². The number of hydrogen-bond acceptors (Lipinski definition) is 2. The molecule has 22 heavy (non-hydrogen) atoms. The summed E-state index contributed by atoms with van der Waals surface area (Å²) < 4.78 is 0. The average molecular weight is 308 g/mol. The number of carbonyl (C=O) groups is 1. The van der Waals surface area contributed by atoms with Gasteiger partial charge in [0.2, 0.25) is 0 Å². The molecule has 0 fully saturated rings. The molecule has 0 spiro atoms. The molecule has 1 aliphatic carbocycles. The Balaban J connectivity index is 1.96. The van der Waals surface area contributed by atoms with E-state index in [2.05, 4.69) is 45.0 Å². The minimum absolute atomic E-state index is 0.0671. The topological polar surface area (TPSA) is 17.1 Å². The lowest BCUT2D eigenvalue weighted by Crippen LogP contribution is -2.31. The fourth-order valence-electron chi connectivity index (χ4n) is 3.15. The summed E-state index contributed by atoms with van der Waals surface area (Å²) in [6.07, 6.45) is 0. The van der Waals surface area contributed by atoms with Crippen molar-refractivity contribution >= 4 is 23.1 Å². The van der Waals surface area contributed by atoms with E-state index in [4.69, 9.17) is 0 Å². The van der Waals surface area contributed by atoms with Gasteiger partial charge in [-0.05, 0) is 55.5 Å². The van der Waals surface area contributed by atoms with Crippen molar-refractivity contribution in [1.82, 2.24) is 0 Å². The molecule has 0 N–H and O–H groups in total. The van der Waals surface area contributed by atoms with Gasteiger partial charge in [-0.1, -0.05) is 48.0 Å². The second-order valence-corrected chi connectivity index (χ2v) is 7.11. The van der Waals surface area contributed by atoms with E-state index in [1.54, 1.807) is 11.8 Å². The second kappa shape index (κ2) is 5.77. The minimum Gasteiger partial charge on any atom is -0.293 e. The highest BCUT2D eigenvalue weighted by Crippen LogP contribution is 2.45. The first-order valence-corrected chi connectivity index (χ1v) is 8.42. The number of benzene rings is 2. The van der Waals surface area contributed by atoms with Crippen molar-refractivity contribution in [3.05, 3.63) is 70.3 Å². The van der Waals surface area contributed by atoms with E-state index in [9.17, 15) is 4.79 Å². The Bertz CT molecular complexity index is 749. The number of carbonyl (C=O) groups excluding carboxylic acids is 1. The first-order chi connectivity index (χ1) is 10.5. The molecule has 112 valence electrons. The normalized spacial score (nSPS) is 17.6. The number of allylic oxidation sites excluding steroid dienone is 1. The van der Waals surface area contributed by atoms with Gasteiger partial charge in [-0.3, -0.25) is 4.79 Å². The van der Waals surface area contributed by atoms with Crippen LogP contribution in [0.4, 0.5) is 0 Å². The van der Waals surface area contributed by atoms with Crippen molar-refractivity contribution in [2.75, 3.05) is 0 Å². The van der Waals surface area contributed by atoms with Gasteiger partial charge in [-0.2, -0.15) is 0 Å². The van der Waals surface area contributed by atoms with Gasteiger partial charge >= 0.3 is 0 Å². The van der Waals surface area contributed by atoms with Crippen molar-refractivity contribution < 1.29 is 4.79 Å². The van der Waals surface area contributed by atoms with E-state index in [1.807, 2.05) is 25.1 Å². The minimum atomic E-state index is -0.0671. The van der Waals surface area contributed by atoms with E-state index in [-0.39, 0.29) is 11.0 Å². The maximum Gasteiger partial charge on any atom is 0.176 e. The smallest absolute Gasteiger partial charge is 0.176 e. The molecule has 1 aliphatic rings. The summed E-state index contributed by atoms with van der Waals surface area (Å²) in [5, 5.41) is -0.0671. The van der Waals surface area contributed by atoms with Crippen LogP contribution in [0.5, 0.6) is 0 Å². The average Bonchev–Trinajstić information content (AvgIpc) is 2.49. The molecule has 2 aromatic carbocycles. The number of rotatable bonds is 3. The molecule has 0 saturated heterocycles. The highest BCUT2D eigenvalue weighted by molar-refractivity contribution is 8.01. The van der Waals surface area contributed by atoms with Gasteiger partial charge in [0.15, 0.2) is 5.78 Å². The van der Waals surface area contributed by atoms with Crippen LogP contribution in [0.15, 0.2) is 52.9 Å². The van der Waals surface area contributed by atoms with Crippen molar-refractivity contribution in [3.8, 4) is 0 Å². The van der Waals surface area contributed by atoms with E-state index in [1.165, 1.54) is 32.7 Å². The molecular weight excluding hydrogens is 288 g/mol. The third-order valence-corrected chi connectivity index (χ3v) is 5.76. The molecule has 0 radical (unpaired) electrons. The van der Waals surface area contributed by atoms with Crippen LogP contribution in [0, 0.1) is 20.8 Å². The molecule has 0 aliphatic heterocycles. The number of ketones is 1. The van der Waals surface area contributed by atoms with Crippen LogP contribution in [0.2, 0.25) is 0 Å². The van der Waals surface area contributed by atoms with Crippen molar-refractivity contribution in [1.29, 1.82) is 0 Å². The van der Waals surface area contributed by atoms with Gasteiger partial charge in [0.1, 0.15) is 0 Å². The first-order valence-electron chi connectivity index (χ1n) is 7.54. The van der Waals surface area contributed by atoms with E-state index < -0.39 is 0 Å². The summed E-state index contributed by atoms with van der Waals surface area (Å²) in [5.74, 6) is 0.267. The lowest BCUT2D eigenvalue weighted by molar-refractivity contribution is -0.115. The molecular formula is C20H20OS. The second-order valence-electron chi connectivity index (χ2n) is 5.99. The fraction of sp³-hybridized carbons (Fsp3) is 0.250. The number of thioether (sulfide) groups is 1. The lowest BCUT2D eigenvalue weighted by Gasteiger charge is -2.31. The van der Waals surface area contributed by atoms with Gasteiger partial charge < -0.3 is 0 Å². The Kier molecular flexibility index (Phi) is 3.96. The quantitative estimate of drug-likeness (QED) is 0.782. The van der Waals surface area contributed by atoms with Gasteiger partial charge in [0.25, 0.3) is 0 Å². The summed E-state index contributed by atoms with van der Waals surface area (Å²) in [6, 6.07) is 14.6. The molecule has 2 aromatic rings. The number of Topliss-reactive ketones (excluding diaryl/α,β-unsaturated/α-hetero) is 1. The highest BCUT2D eigenvalue weighted by Gasteiger charge is 2.38. The first kappa shape index (κ1) is 15.1. The summed E-state index contributed by atoms with van der Waals surface area (Å²) in [5.41, 5.74) is 7.05. The molecule has 2 heteroatoms. The summed E-state index contributed by atoms with van der Waals surface area (Å²) in [4.78, 5) is 13.6. The molecule has 0 aromatic heterocycles. The standard InChI is InChI=1S/C20H20OS/c1-12-10-13(2)19(14(3)11-12)22-20-17(15(4)18(20)21)16-8-6-5-7-9-16/h5-11,20H,1-4H3. The zero-order chi connectivity index (χ0) is 15.9. The molecule has 0 heterocycles. The highest BCUT2D eigenvalue weighted by atomic mass is 32.2. The third-order valence-electron chi connectivity index (χ3n) is 4.20. The fourth-order valence-corrected chi connectivity index (χ4v) is 4.59. The van der Waals surface area contributed by atoms with Crippen LogP contribution < -0.4 is 0 Å². The molecule has 0 amide bonds.